The molecule has 38 heavy (non-hydrogen) atoms. The number of benzene rings is 1. The second-order valence-electron chi connectivity index (χ2n) is 10.6. The van der Waals surface area contributed by atoms with Crippen molar-refractivity contribution in [3.8, 4) is 12.3 Å². The molecule has 8 heteroatoms. The number of carbonyl (C=O) groups excluding carboxylic acids is 2. The maximum Gasteiger partial charge on any atom is 0.309 e. The third kappa shape index (κ3) is 5.85. The average Bonchev–Trinajstić information content (AvgIpc) is 3.22. The van der Waals surface area contributed by atoms with E-state index < -0.39 is 41.7 Å². The first kappa shape index (κ1) is 28.0. The fourth-order valence-corrected chi connectivity index (χ4v) is 5.48. The summed E-state index contributed by atoms with van der Waals surface area (Å²) in [7, 11) is 0. The molecule has 1 aromatic carbocycles. The topological polar surface area (TPSA) is 119 Å². The van der Waals surface area contributed by atoms with Crippen LogP contribution in [0.2, 0.25) is 0 Å². The largest absolute Gasteiger partial charge is 0.457 e. The highest BCUT2D eigenvalue weighted by atomic mass is 16.5. The summed E-state index contributed by atoms with van der Waals surface area (Å²) in [5.74, 6) is 1.24. The van der Waals surface area contributed by atoms with E-state index >= 15 is 0 Å². The molecule has 1 fully saturated rings. The van der Waals surface area contributed by atoms with Crippen molar-refractivity contribution in [2.24, 2.45) is 11.3 Å². The van der Waals surface area contributed by atoms with Crippen LogP contribution in [0.1, 0.15) is 76.4 Å². The van der Waals surface area contributed by atoms with E-state index in [0.29, 0.717) is 49.3 Å². The van der Waals surface area contributed by atoms with Crippen molar-refractivity contribution in [1.82, 2.24) is 4.98 Å². The first-order chi connectivity index (χ1) is 18.1. The smallest absolute Gasteiger partial charge is 0.309 e. The summed E-state index contributed by atoms with van der Waals surface area (Å²) in [6, 6.07) is 5.49. The minimum absolute atomic E-state index is 0.0254. The number of aliphatic hydroxyl groups is 2. The van der Waals surface area contributed by atoms with E-state index in [1.807, 2.05) is 25.1 Å². The molecule has 4 rings (SSSR count). The Hall–Kier alpha value is -2.99. The minimum Gasteiger partial charge on any atom is -0.457 e. The Kier molecular flexibility index (Phi) is 8.71. The Bertz CT molecular complexity index is 1230. The summed E-state index contributed by atoms with van der Waals surface area (Å²) in [6.45, 7) is 5.81. The molecule has 8 nitrogen and oxygen atoms in total. The van der Waals surface area contributed by atoms with Gasteiger partial charge in [0.05, 0.1) is 42.7 Å². The second-order valence-corrected chi connectivity index (χ2v) is 10.6. The summed E-state index contributed by atoms with van der Waals surface area (Å²) in [6.07, 6.45) is 6.27. The standard InChI is InChI=1S/C30H37NO7/c1-5-7-22-28(34)19(3)36-15-12-18(2)8-10-24(21-9-11-25-23(16-21)31-20(4)37-25)38-27(33)17-26(32)30(29(22)35)13-6-14-30/h1,8-9,11,16,19,22,24,26,28,32,34H,6-7,10,12-15,17H2,2-4H3/b18-8-/t19-,22-,24+,26+,28-/m1/s1. The molecule has 0 saturated heterocycles. The highest BCUT2D eigenvalue weighted by Crippen LogP contribution is 2.48. The molecule has 0 unspecified atom stereocenters. The van der Waals surface area contributed by atoms with Crippen LogP contribution in [-0.2, 0) is 19.1 Å². The molecular weight excluding hydrogens is 486 g/mol. The third-order valence-electron chi connectivity index (χ3n) is 8.02. The van der Waals surface area contributed by atoms with Crippen molar-refractivity contribution < 1.29 is 33.7 Å². The van der Waals surface area contributed by atoms with E-state index in [0.717, 1.165) is 17.6 Å². The summed E-state index contributed by atoms with van der Waals surface area (Å²) in [4.78, 5) is 31.2. The Morgan fingerprint density at radius 1 is 1.21 bits per heavy atom. The Balaban J connectivity index is 1.65. The number of hydrogen-bond donors (Lipinski definition) is 2. The van der Waals surface area contributed by atoms with Crippen molar-refractivity contribution in [2.45, 2.75) is 90.1 Å². The van der Waals surface area contributed by atoms with Crippen LogP contribution >= 0.6 is 0 Å². The number of hydrogen-bond acceptors (Lipinski definition) is 8. The van der Waals surface area contributed by atoms with Gasteiger partial charge in [-0.3, -0.25) is 9.59 Å². The van der Waals surface area contributed by atoms with Gasteiger partial charge in [-0.05, 0) is 50.8 Å². The van der Waals surface area contributed by atoms with E-state index in [-0.39, 0.29) is 18.6 Å². The lowest BCUT2D eigenvalue weighted by atomic mass is 9.58. The summed E-state index contributed by atoms with van der Waals surface area (Å²) in [5, 5.41) is 22.2. The number of Topliss-reactive ketones (excluding diaryl/α,β-unsaturated/α-hetero) is 1. The number of fused-ring (bicyclic) bond motifs is 1. The Morgan fingerprint density at radius 2 is 1.97 bits per heavy atom. The normalized spacial score (nSPS) is 30.7. The number of terminal acetylenes is 1. The molecule has 1 aliphatic heterocycles. The van der Waals surface area contributed by atoms with E-state index in [4.69, 9.17) is 20.3 Å². The van der Waals surface area contributed by atoms with Crippen molar-refractivity contribution in [3.63, 3.8) is 0 Å². The second kappa shape index (κ2) is 11.8. The predicted molar refractivity (Wildman–Crippen MR) is 141 cm³/mol. The van der Waals surface area contributed by atoms with Gasteiger partial charge in [0.1, 0.15) is 17.4 Å². The predicted octanol–water partition coefficient (Wildman–Crippen LogP) is 4.36. The van der Waals surface area contributed by atoms with Crippen molar-refractivity contribution in [2.75, 3.05) is 6.61 Å². The molecule has 0 amide bonds. The molecule has 2 aliphatic rings. The molecule has 5 atom stereocenters. The number of aliphatic hydroxyl groups excluding tert-OH is 2. The molecule has 1 aliphatic carbocycles. The van der Waals surface area contributed by atoms with Gasteiger partial charge in [-0.25, -0.2) is 4.98 Å². The lowest BCUT2D eigenvalue weighted by molar-refractivity contribution is -0.164. The molecule has 1 saturated carbocycles. The number of rotatable bonds is 2. The van der Waals surface area contributed by atoms with E-state index in [1.165, 1.54) is 0 Å². The molecule has 0 radical (unpaired) electrons. The first-order valence-corrected chi connectivity index (χ1v) is 13.3. The summed E-state index contributed by atoms with van der Waals surface area (Å²) >= 11 is 0. The fraction of sp³-hybridized carbons (Fsp3) is 0.567. The number of ketones is 1. The number of ether oxygens (including phenoxy) is 2. The van der Waals surface area contributed by atoms with Gasteiger partial charge >= 0.3 is 5.97 Å². The van der Waals surface area contributed by atoms with Crippen LogP contribution in [0.3, 0.4) is 0 Å². The van der Waals surface area contributed by atoms with Crippen LogP contribution in [0.4, 0.5) is 0 Å². The van der Waals surface area contributed by atoms with Gasteiger partial charge in [0.15, 0.2) is 11.5 Å². The highest BCUT2D eigenvalue weighted by Gasteiger charge is 2.53. The number of aryl methyl sites for hydroxylation is 1. The van der Waals surface area contributed by atoms with Gasteiger partial charge in [0.2, 0.25) is 0 Å². The third-order valence-corrected chi connectivity index (χ3v) is 8.02. The van der Waals surface area contributed by atoms with Gasteiger partial charge in [0.25, 0.3) is 0 Å². The van der Waals surface area contributed by atoms with Crippen LogP contribution in [-0.4, -0.2) is 51.9 Å². The van der Waals surface area contributed by atoms with Crippen LogP contribution in [0.5, 0.6) is 0 Å². The number of carbonyl (C=O) groups is 2. The SMILES string of the molecule is C#CC[C@H]1C(=O)C2(CCC2)[C@@H](O)CC(=O)O[C@H](c2ccc3oc(C)nc3c2)C/C=C(/C)CCO[C@H](C)[C@H]1O. The maximum absolute atomic E-state index is 13.7. The van der Waals surface area contributed by atoms with E-state index in [1.54, 1.807) is 19.9 Å². The van der Waals surface area contributed by atoms with Gasteiger partial charge in [0, 0.05) is 19.8 Å². The number of oxazole rings is 1. The van der Waals surface area contributed by atoms with E-state index in [2.05, 4.69) is 10.9 Å². The number of nitrogens with zero attached hydrogens (tertiary/aromatic N) is 1. The van der Waals surface area contributed by atoms with Gasteiger partial charge in [-0.2, -0.15) is 0 Å². The zero-order valence-corrected chi connectivity index (χ0v) is 22.3. The monoisotopic (exact) mass is 523 g/mol. The minimum atomic E-state index is -1.24. The molecule has 2 heterocycles. The fourth-order valence-electron chi connectivity index (χ4n) is 5.48. The highest BCUT2D eigenvalue weighted by molar-refractivity contribution is 5.90. The zero-order valence-electron chi connectivity index (χ0n) is 22.3. The van der Waals surface area contributed by atoms with Gasteiger partial charge in [-0.15, -0.1) is 12.3 Å². The first-order valence-electron chi connectivity index (χ1n) is 13.3. The molecule has 1 spiro atoms. The molecule has 204 valence electrons. The lowest BCUT2D eigenvalue weighted by Gasteiger charge is -2.46. The van der Waals surface area contributed by atoms with Crippen molar-refractivity contribution in [3.05, 3.63) is 41.3 Å². The van der Waals surface area contributed by atoms with Crippen LogP contribution in [0.15, 0.2) is 34.3 Å². The number of aromatic nitrogens is 1. The molecule has 2 aromatic rings. The summed E-state index contributed by atoms with van der Waals surface area (Å²) in [5.41, 5.74) is 1.97. The Labute approximate surface area is 223 Å². The van der Waals surface area contributed by atoms with Crippen molar-refractivity contribution >= 4 is 22.9 Å². The van der Waals surface area contributed by atoms with Gasteiger partial charge < -0.3 is 24.1 Å². The maximum atomic E-state index is 13.7. The number of cyclic esters (lactones) is 1. The van der Waals surface area contributed by atoms with Crippen molar-refractivity contribution in [1.29, 1.82) is 0 Å². The number of esters is 1. The molecule has 2 N–H and O–H groups in total. The zero-order chi connectivity index (χ0) is 27.4. The van der Waals surface area contributed by atoms with Crippen LogP contribution in [0, 0.1) is 30.6 Å². The Morgan fingerprint density at radius 3 is 2.66 bits per heavy atom. The van der Waals surface area contributed by atoms with Crippen LogP contribution < -0.4 is 0 Å². The molecular formula is C30H37NO7. The lowest BCUT2D eigenvalue weighted by Crippen LogP contribution is -2.54. The molecule has 1 aromatic heterocycles. The van der Waals surface area contributed by atoms with E-state index in [9.17, 15) is 19.8 Å². The molecule has 0 bridgehead atoms. The quantitative estimate of drug-likeness (QED) is 0.339. The van der Waals surface area contributed by atoms with Crippen LogP contribution in [0.25, 0.3) is 11.1 Å². The summed E-state index contributed by atoms with van der Waals surface area (Å²) < 4.78 is 17.4. The van der Waals surface area contributed by atoms with Gasteiger partial charge in [-0.1, -0.05) is 24.1 Å². The average molecular weight is 524 g/mol.